The minimum atomic E-state index is -0.553. The molecule has 1 saturated heterocycles. The zero-order valence-corrected chi connectivity index (χ0v) is 18.0. The molecule has 0 spiro atoms. The second-order valence-corrected chi connectivity index (χ2v) is 8.90. The fourth-order valence-corrected chi connectivity index (χ4v) is 2.44. The van der Waals surface area contributed by atoms with Crippen molar-refractivity contribution >= 4 is 18.7 Å². The average molecular weight is 381 g/mol. The van der Waals surface area contributed by atoms with Crippen LogP contribution in [0.1, 0.15) is 48.5 Å². The number of hydrogen-bond acceptors (Lipinski definition) is 6. The summed E-state index contributed by atoms with van der Waals surface area (Å²) in [5.41, 5.74) is -0.684. The van der Waals surface area contributed by atoms with Crippen LogP contribution < -0.4 is 10.2 Å². The molecule has 0 aliphatic carbocycles. The molecular formula is C18H32BN3O5. The van der Waals surface area contributed by atoms with Gasteiger partial charge in [0, 0.05) is 20.3 Å². The van der Waals surface area contributed by atoms with Gasteiger partial charge in [-0.2, -0.15) is 0 Å². The molecule has 1 aliphatic rings. The number of ether oxygens (including phenoxy) is 2. The Morgan fingerprint density at radius 1 is 1.26 bits per heavy atom. The summed E-state index contributed by atoms with van der Waals surface area (Å²) in [5.74, 6) is 0.439. The van der Waals surface area contributed by atoms with Crippen molar-refractivity contribution in [2.75, 3.05) is 20.2 Å². The molecule has 0 N–H and O–H groups in total. The van der Waals surface area contributed by atoms with Crippen molar-refractivity contribution in [3.05, 3.63) is 6.20 Å². The van der Waals surface area contributed by atoms with Crippen molar-refractivity contribution < 1.29 is 23.6 Å². The zero-order valence-electron chi connectivity index (χ0n) is 18.0. The Morgan fingerprint density at radius 3 is 2.33 bits per heavy atom. The van der Waals surface area contributed by atoms with Crippen molar-refractivity contribution in [1.29, 1.82) is 0 Å². The fourth-order valence-electron chi connectivity index (χ4n) is 2.44. The Bertz CT molecular complexity index is 665. The number of amides is 1. The van der Waals surface area contributed by atoms with E-state index in [9.17, 15) is 4.79 Å². The molecule has 9 heteroatoms. The van der Waals surface area contributed by atoms with Crippen molar-refractivity contribution in [3.63, 3.8) is 0 Å². The first kappa shape index (κ1) is 21.6. The van der Waals surface area contributed by atoms with Gasteiger partial charge in [0.25, 0.3) is 0 Å². The maximum Gasteiger partial charge on any atom is 0.502 e. The van der Waals surface area contributed by atoms with Crippen LogP contribution in [0.25, 0.3) is 0 Å². The first-order valence-electron chi connectivity index (χ1n) is 9.18. The van der Waals surface area contributed by atoms with Crippen LogP contribution >= 0.6 is 0 Å². The van der Waals surface area contributed by atoms with Crippen molar-refractivity contribution in [2.45, 2.75) is 65.3 Å². The van der Waals surface area contributed by atoms with E-state index in [1.165, 1.54) is 4.90 Å². The Morgan fingerprint density at radius 2 is 1.81 bits per heavy atom. The second kappa shape index (κ2) is 7.35. The van der Waals surface area contributed by atoms with Gasteiger partial charge in [-0.25, -0.2) is 4.79 Å². The van der Waals surface area contributed by atoms with Crippen LogP contribution in [0.5, 0.6) is 5.88 Å². The molecule has 0 bridgehead atoms. The molecule has 1 fully saturated rings. The Kier molecular flexibility index (Phi) is 5.87. The molecule has 1 aromatic heterocycles. The smallest absolute Gasteiger partial charge is 0.475 e. The number of aryl methyl sites for hydroxylation is 1. The number of aromatic nitrogens is 2. The summed E-state index contributed by atoms with van der Waals surface area (Å²) in [7, 11) is 2.93. The number of likely N-dealkylation sites (N-methyl/N-ethyl adjacent to an activating group) is 1. The Balaban J connectivity index is 1.98. The summed E-state index contributed by atoms with van der Waals surface area (Å²) < 4.78 is 25.0. The normalized spacial score (nSPS) is 18.5. The van der Waals surface area contributed by atoms with Gasteiger partial charge in [0.15, 0.2) is 0 Å². The molecule has 0 radical (unpaired) electrons. The van der Waals surface area contributed by atoms with Crippen LogP contribution in [0.4, 0.5) is 4.79 Å². The van der Waals surface area contributed by atoms with Crippen LogP contribution in [-0.4, -0.2) is 64.9 Å². The lowest BCUT2D eigenvalue weighted by atomic mass is 9.81. The maximum atomic E-state index is 12.0. The van der Waals surface area contributed by atoms with Crippen LogP contribution in [-0.2, 0) is 21.1 Å². The van der Waals surface area contributed by atoms with Gasteiger partial charge < -0.3 is 23.7 Å². The lowest BCUT2D eigenvalue weighted by Crippen LogP contribution is -2.41. The van der Waals surface area contributed by atoms with E-state index in [-0.39, 0.29) is 6.61 Å². The van der Waals surface area contributed by atoms with Gasteiger partial charge in [-0.1, -0.05) is 0 Å². The van der Waals surface area contributed by atoms with E-state index < -0.39 is 30.0 Å². The topological polar surface area (TPSA) is 75.0 Å². The molecule has 1 aliphatic heterocycles. The summed E-state index contributed by atoms with van der Waals surface area (Å²) in [4.78, 5) is 13.5. The number of hydrogen-bond donors (Lipinski definition) is 0. The van der Waals surface area contributed by atoms with Gasteiger partial charge in [0.05, 0.1) is 23.2 Å². The number of carbonyl (C=O) groups excluding carboxylic acids is 1. The van der Waals surface area contributed by atoms with Gasteiger partial charge in [0.1, 0.15) is 12.2 Å². The van der Waals surface area contributed by atoms with Gasteiger partial charge in [0.2, 0.25) is 5.88 Å². The molecule has 27 heavy (non-hydrogen) atoms. The van der Waals surface area contributed by atoms with Gasteiger partial charge in [-0.3, -0.25) is 4.68 Å². The van der Waals surface area contributed by atoms with Crippen molar-refractivity contribution in [2.24, 2.45) is 7.05 Å². The van der Waals surface area contributed by atoms with E-state index in [4.69, 9.17) is 18.8 Å². The first-order chi connectivity index (χ1) is 12.2. The predicted octanol–water partition coefficient (Wildman–Crippen LogP) is 1.96. The Hall–Kier alpha value is -1.74. The van der Waals surface area contributed by atoms with E-state index in [0.717, 1.165) is 5.46 Å². The number of carbonyl (C=O) groups is 1. The summed E-state index contributed by atoms with van der Waals surface area (Å²) in [5, 5.41) is 4.35. The summed E-state index contributed by atoms with van der Waals surface area (Å²) in [6.07, 6.45) is 1.44. The molecule has 0 aromatic carbocycles. The Labute approximate surface area is 162 Å². The highest BCUT2D eigenvalue weighted by Gasteiger charge is 2.53. The monoisotopic (exact) mass is 381 g/mol. The molecule has 1 amide bonds. The maximum absolute atomic E-state index is 12.0. The fraction of sp³-hybridized carbons (Fsp3) is 0.778. The van der Waals surface area contributed by atoms with E-state index >= 15 is 0 Å². The lowest BCUT2D eigenvalue weighted by Gasteiger charge is -2.32. The standard InChI is InChI=1S/C18H32BN3O5/c1-16(2,3)25-15(23)21(8)10-11-24-14-13(12-22(9)20-14)19-26-17(4,5)18(6,7)27-19/h12H,10-11H2,1-9H3. The van der Waals surface area contributed by atoms with Crippen LogP contribution in [0.15, 0.2) is 6.20 Å². The van der Waals surface area contributed by atoms with Crippen molar-refractivity contribution in [3.8, 4) is 5.88 Å². The minimum Gasteiger partial charge on any atom is -0.475 e. The molecule has 0 saturated carbocycles. The lowest BCUT2D eigenvalue weighted by molar-refractivity contribution is 0.00578. The molecule has 1 aromatic rings. The van der Waals surface area contributed by atoms with Gasteiger partial charge >= 0.3 is 13.2 Å². The molecule has 2 heterocycles. The van der Waals surface area contributed by atoms with E-state index in [0.29, 0.717) is 12.4 Å². The summed E-state index contributed by atoms with van der Waals surface area (Å²) in [6.45, 7) is 14.1. The first-order valence-corrected chi connectivity index (χ1v) is 9.18. The minimum absolute atomic E-state index is 0.277. The van der Waals surface area contributed by atoms with E-state index in [1.54, 1.807) is 11.7 Å². The third-order valence-electron chi connectivity index (χ3n) is 4.70. The van der Waals surface area contributed by atoms with Crippen molar-refractivity contribution in [1.82, 2.24) is 14.7 Å². The van der Waals surface area contributed by atoms with Crippen LogP contribution in [0, 0.1) is 0 Å². The molecule has 0 unspecified atom stereocenters. The SMILES string of the molecule is CN(CCOc1nn(C)cc1B1OC(C)(C)C(C)(C)O1)C(=O)OC(C)(C)C. The summed E-state index contributed by atoms with van der Waals surface area (Å²) >= 11 is 0. The number of nitrogens with zero attached hydrogens (tertiary/aromatic N) is 3. The highest BCUT2D eigenvalue weighted by molar-refractivity contribution is 6.63. The molecule has 0 atom stereocenters. The highest BCUT2D eigenvalue weighted by Crippen LogP contribution is 2.37. The largest absolute Gasteiger partial charge is 0.502 e. The molecule has 8 nitrogen and oxygen atoms in total. The predicted molar refractivity (Wildman–Crippen MR) is 103 cm³/mol. The van der Waals surface area contributed by atoms with Crippen LogP contribution in [0.3, 0.4) is 0 Å². The second-order valence-electron chi connectivity index (χ2n) is 8.90. The highest BCUT2D eigenvalue weighted by atomic mass is 16.7. The van der Waals surface area contributed by atoms with Crippen LogP contribution in [0.2, 0.25) is 0 Å². The molecule has 152 valence electrons. The van der Waals surface area contributed by atoms with Gasteiger partial charge in [-0.15, -0.1) is 5.10 Å². The third kappa shape index (κ3) is 5.16. The zero-order chi connectivity index (χ0) is 20.6. The van der Waals surface area contributed by atoms with Gasteiger partial charge in [-0.05, 0) is 48.5 Å². The molecule has 2 rings (SSSR count). The quantitative estimate of drug-likeness (QED) is 0.726. The van der Waals surface area contributed by atoms with E-state index in [1.807, 2.05) is 61.7 Å². The summed E-state index contributed by atoms with van der Waals surface area (Å²) in [6, 6.07) is 0. The van der Waals surface area contributed by atoms with E-state index in [2.05, 4.69) is 5.10 Å². The third-order valence-corrected chi connectivity index (χ3v) is 4.70. The molecular weight excluding hydrogens is 349 g/mol. The average Bonchev–Trinajstić information content (AvgIpc) is 2.94. The number of rotatable bonds is 5.